The van der Waals surface area contributed by atoms with Gasteiger partial charge >= 0.3 is 0 Å². The van der Waals surface area contributed by atoms with E-state index in [4.69, 9.17) is 11.6 Å². The molecule has 19 heavy (non-hydrogen) atoms. The van der Waals surface area contributed by atoms with Crippen LogP contribution in [0.3, 0.4) is 0 Å². The lowest BCUT2D eigenvalue weighted by Crippen LogP contribution is -2.49. The average molecular weight is 281 g/mol. The first-order valence-corrected chi connectivity index (χ1v) is 6.59. The summed E-state index contributed by atoms with van der Waals surface area (Å²) in [4.78, 5) is 12.4. The molecule has 1 aromatic carbocycles. The van der Waals surface area contributed by atoms with Crippen LogP contribution >= 0.6 is 11.6 Å². The van der Waals surface area contributed by atoms with E-state index in [-0.39, 0.29) is 11.8 Å². The lowest BCUT2D eigenvalue weighted by atomic mass is 9.94. The van der Waals surface area contributed by atoms with E-state index in [0.717, 1.165) is 5.71 Å². The van der Waals surface area contributed by atoms with Gasteiger partial charge in [0.2, 0.25) is 0 Å². The molecule has 1 heterocycles. The van der Waals surface area contributed by atoms with E-state index in [1.165, 1.54) is 5.01 Å². The van der Waals surface area contributed by atoms with Crippen LogP contribution < -0.4 is 0 Å². The Balaban J connectivity index is 2.34. The summed E-state index contributed by atoms with van der Waals surface area (Å²) in [5.41, 5.74) is -0.0405. The maximum absolute atomic E-state index is 12.4. The lowest BCUT2D eigenvalue weighted by Gasteiger charge is -2.34. The van der Waals surface area contributed by atoms with E-state index < -0.39 is 5.72 Å². The Hall–Kier alpha value is -1.39. The minimum atomic E-state index is -1.25. The van der Waals surface area contributed by atoms with Crippen LogP contribution in [0.5, 0.6) is 0 Å². The van der Waals surface area contributed by atoms with E-state index in [1.54, 1.807) is 24.3 Å². The van der Waals surface area contributed by atoms with Crippen molar-refractivity contribution < 1.29 is 9.90 Å². The van der Waals surface area contributed by atoms with Gasteiger partial charge in [-0.1, -0.05) is 25.4 Å². The Bertz CT molecular complexity index is 525. The zero-order chi connectivity index (χ0) is 14.2. The van der Waals surface area contributed by atoms with Gasteiger partial charge in [0, 0.05) is 28.6 Å². The fourth-order valence-electron chi connectivity index (χ4n) is 2.13. The number of hydrogen-bond donors (Lipinski definition) is 1. The van der Waals surface area contributed by atoms with Gasteiger partial charge in [0.1, 0.15) is 0 Å². The molecule has 0 bridgehead atoms. The van der Waals surface area contributed by atoms with Crippen molar-refractivity contribution in [2.24, 2.45) is 11.0 Å². The van der Waals surface area contributed by atoms with Gasteiger partial charge < -0.3 is 5.11 Å². The normalized spacial score (nSPS) is 22.8. The minimum absolute atomic E-state index is 0.107. The van der Waals surface area contributed by atoms with Crippen molar-refractivity contribution in [3.63, 3.8) is 0 Å². The van der Waals surface area contributed by atoms with Gasteiger partial charge in [-0.05, 0) is 31.2 Å². The Kier molecular flexibility index (Phi) is 3.65. The largest absolute Gasteiger partial charge is 0.368 e. The van der Waals surface area contributed by atoms with Crippen LogP contribution in [-0.4, -0.2) is 27.5 Å². The highest BCUT2D eigenvalue weighted by molar-refractivity contribution is 6.30. The number of nitrogens with zero attached hydrogens (tertiary/aromatic N) is 2. The van der Waals surface area contributed by atoms with E-state index in [9.17, 15) is 9.90 Å². The summed E-state index contributed by atoms with van der Waals surface area (Å²) < 4.78 is 0. The molecule has 0 fully saturated rings. The summed E-state index contributed by atoms with van der Waals surface area (Å²) in [7, 11) is 0. The molecular weight excluding hydrogens is 264 g/mol. The van der Waals surface area contributed by atoms with Crippen LogP contribution in [0.25, 0.3) is 0 Å². The molecule has 4 nitrogen and oxygen atoms in total. The van der Waals surface area contributed by atoms with E-state index in [2.05, 4.69) is 5.10 Å². The molecule has 1 aliphatic heterocycles. The monoisotopic (exact) mass is 280 g/mol. The molecule has 5 heteroatoms. The van der Waals surface area contributed by atoms with Crippen molar-refractivity contribution in [2.75, 3.05) is 0 Å². The molecule has 0 spiro atoms. The van der Waals surface area contributed by atoms with Crippen LogP contribution in [-0.2, 0) is 0 Å². The predicted octanol–water partition coefficient (Wildman–Crippen LogP) is 2.91. The summed E-state index contributed by atoms with van der Waals surface area (Å²) in [5.74, 6) is -0.422. The summed E-state index contributed by atoms with van der Waals surface area (Å²) >= 11 is 5.80. The lowest BCUT2D eigenvalue weighted by molar-refractivity contribution is -0.103. The highest BCUT2D eigenvalue weighted by Crippen LogP contribution is 2.33. The molecule has 0 aliphatic carbocycles. The number of halogens is 1. The van der Waals surface area contributed by atoms with Crippen LogP contribution in [0.4, 0.5) is 0 Å². The number of carbonyl (C=O) groups is 1. The summed E-state index contributed by atoms with van der Waals surface area (Å²) in [6.07, 6.45) is 0.379. The smallest absolute Gasteiger partial charge is 0.276 e. The number of benzene rings is 1. The molecule has 1 unspecified atom stereocenters. The van der Waals surface area contributed by atoms with Gasteiger partial charge in [-0.15, -0.1) is 0 Å². The first-order valence-electron chi connectivity index (χ1n) is 6.21. The molecular formula is C14H17ClN2O2. The number of hydrogen-bond acceptors (Lipinski definition) is 3. The highest BCUT2D eigenvalue weighted by Gasteiger charge is 2.45. The fourth-order valence-corrected chi connectivity index (χ4v) is 2.25. The first-order chi connectivity index (χ1) is 8.84. The number of amides is 1. The zero-order valence-electron chi connectivity index (χ0n) is 11.2. The van der Waals surface area contributed by atoms with Crippen LogP contribution in [0.1, 0.15) is 37.6 Å². The Morgan fingerprint density at radius 1 is 1.42 bits per heavy atom. The molecule has 1 atom stereocenters. The Morgan fingerprint density at radius 3 is 2.53 bits per heavy atom. The maximum atomic E-state index is 12.4. The molecule has 102 valence electrons. The molecule has 2 rings (SSSR count). The second kappa shape index (κ2) is 4.94. The third-order valence-electron chi connectivity index (χ3n) is 3.36. The van der Waals surface area contributed by atoms with Crippen LogP contribution in [0.15, 0.2) is 29.4 Å². The quantitative estimate of drug-likeness (QED) is 0.906. The third kappa shape index (κ3) is 2.51. The standard InChI is InChI=1S/C14H17ClN2O2/c1-9(2)14(19)8-10(3)16-17(14)13(18)11-4-6-12(15)7-5-11/h4-7,9,19H,8H2,1-3H3. The van der Waals surface area contributed by atoms with Crippen molar-refractivity contribution in [3.8, 4) is 0 Å². The van der Waals surface area contributed by atoms with Gasteiger partial charge in [-0.2, -0.15) is 10.1 Å². The second-order valence-electron chi connectivity index (χ2n) is 5.17. The van der Waals surface area contributed by atoms with Crippen molar-refractivity contribution in [2.45, 2.75) is 32.9 Å². The molecule has 0 saturated carbocycles. The van der Waals surface area contributed by atoms with Crippen molar-refractivity contribution >= 4 is 23.2 Å². The van der Waals surface area contributed by atoms with Gasteiger partial charge in [0.25, 0.3) is 5.91 Å². The zero-order valence-corrected chi connectivity index (χ0v) is 12.0. The van der Waals surface area contributed by atoms with Crippen molar-refractivity contribution in [1.29, 1.82) is 0 Å². The maximum Gasteiger partial charge on any atom is 0.276 e. The molecule has 1 aliphatic rings. The number of aliphatic hydroxyl groups is 1. The molecule has 0 radical (unpaired) electrons. The van der Waals surface area contributed by atoms with E-state index >= 15 is 0 Å². The molecule has 1 N–H and O–H groups in total. The number of hydrazone groups is 1. The highest BCUT2D eigenvalue weighted by atomic mass is 35.5. The van der Waals surface area contributed by atoms with Crippen LogP contribution in [0.2, 0.25) is 5.02 Å². The minimum Gasteiger partial charge on any atom is -0.368 e. The molecule has 0 aromatic heterocycles. The Labute approximate surface area is 117 Å². The van der Waals surface area contributed by atoms with Crippen molar-refractivity contribution in [3.05, 3.63) is 34.9 Å². The first kappa shape index (κ1) is 14.0. The molecule has 0 saturated heterocycles. The molecule has 1 amide bonds. The number of carbonyl (C=O) groups excluding carboxylic acids is 1. The van der Waals surface area contributed by atoms with Gasteiger partial charge in [-0.25, -0.2) is 0 Å². The average Bonchev–Trinajstić information content (AvgIpc) is 2.66. The van der Waals surface area contributed by atoms with Gasteiger partial charge in [-0.3, -0.25) is 4.79 Å². The van der Waals surface area contributed by atoms with E-state index in [0.29, 0.717) is 17.0 Å². The molecule has 1 aromatic rings. The summed E-state index contributed by atoms with van der Waals surface area (Å²) in [5, 5.41) is 16.6. The topological polar surface area (TPSA) is 52.9 Å². The number of rotatable bonds is 2. The summed E-state index contributed by atoms with van der Waals surface area (Å²) in [6, 6.07) is 6.56. The summed E-state index contributed by atoms with van der Waals surface area (Å²) in [6.45, 7) is 5.55. The van der Waals surface area contributed by atoms with Crippen molar-refractivity contribution in [1.82, 2.24) is 5.01 Å². The second-order valence-corrected chi connectivity index (χ2v) is 5.61. The van der Waals surface area contributed by atoms with Gasteiger partial charge in [0.15, 0.2) is 5.72 Å². The fraction of sp³-hybridized carbons (Fsp3) is 0.429. The Morgan fingerprint density at radius 2 is 2.00 bits per heavy atom. The van der Waals surface area contributed by atoms with E-state index in [1.807, 2.05) is 20.8 Å². The predicted molar refractivity (Wildman–Crippen MR) is 75.1 cm³/mol. The third-order valence-corrected chi connectivity index (χ3v) is 3.61. The van der Waals surface area contributed by atoms with Gasteiger partial charge in [0.05, 0.1) is 0 Å². The SMILES string of the molecule is CC1=NN(C(=O)c2ccc(Cl)cc2)C(O)(C(C)C)C1. The van der Waals surface area contributed by atoms with Crippen LogP contribution in [0, 0.1) is 5.92 Å².